The Morgan fingerprint density at radius 3 is 0.600 bits per heavy atom. The van der Waals surface area contributed by atoms with E-state index in [9.17, 15) is 0 Å². The topological polar surface area (TPSA) is 85.5 Å². The van der Waals surface area contributed by atoms with Gasteiger partial charge in [-0.1, -0.05) is 0 Å². The van der Waals surface area contributed by atoms with E-state index in [1.54, 1.807) is 0 Å². The van der Waals surface area contributed by atoms with Crippen LogP contribution in [0.2, 0.25) is 0 Å². The summed E-state index contributed by atoms with van der Waals surface area (Å²) < 4.78 is 0. The monoisotopic (exact) mass is 376 g/mol. The first-order valence-electron chi connectivity index (χ1n) is 0. The molecular formula is O3RaRu. The largest absolute Gasteiger partial charge is 4.00 e. The molecule has 5 heteroatoms. The zero-order valence-corrected chi connectivity index (χ0v) is 9.84. The van der Waals surface area contributed by atoms with Gasteiger partial charge in [0.15, 0.2) is 0 Å². The van der Waals surface area contributed by atoms with Gasteiger partial charge in [-0.3, -0.25) is 0 Å². The summed E-state index contributed by atoms with van der Waals surface area (Å²) in [5.74, 6) is 0. The predicted octanol–water partition coefficient (Wildman–Crippen LogP) is -0.359. The van der Waals surface area contributed by atoms with Crippen molar-refractivity contribution in [3.8, 4) is 0 Å². The van der Waals surface area contributed by atoms with Crippen molar-refractivity contribution < 1.29 is 80.9 Å². The van der Waals surface area contributed by atoms with Crippen LogP contribution in [0.25, 0.3) is 0 Å². The van der Waals surface area contributed by atoms with Crippen LogP contribution in [0, 0.1) is 45.0 Å². The molecule has 0 aromatic rings. The minimum atomic E-state index is 0. The van der Waals surface area contributed by atoms with Gasteiger partial charge in [-0.25, -0.2) is 0 Å². The van der Waals surface area contributed by atoms with Gasteiger partial charge in [0, 0.05) is 0 Å². The summed E-state index contributed by atoms with van der Waals surface area (Å²) >= 11 is 0. The first kappa shape index (κ1) is 64.0. The van der Waals surface area contributed by atoms with Gasteiger partial charge < -0.3 is 16.4 Å². The number of hydrogen-bond donors (Lipinski definition) is 0. The van der Waals surface area contributed by atoms with Crippen LogP contribution in [-0.2, 0) is 35.9 Å². The average Bonchev–Trinajstić information content (AvgIpc) is 0. The quantitative estimate of drug-likeness (QED) is 0.518. The van der Waals surface area contributed by atoms with Crippen molar-refractivity contribution in [2.24, 2.45) is 0 Å². The molecule has 0 aliphatic rings. The summed E-state index contributed by atoms with van der Waals surface area (Å²) in [5, 5.41) is 0. The van der Waals surface area contributed by atoms with Gasteiger partial charge in [0.25, 0.3) is 0 Å². The minimum Gasteiger partial charge on any atom is -2.00 e. The molecule has 0 spiro atoms. The number of hydrogen-bond acceptors (Lipinski definition) is 0. The Bertz CT molecular complexity index is 6.85. The fourth-order valence-electron chi connectivity index (χ4n) is 0. The van der Waals surface area contributed by atoms with Crippen molar-refractivity contribution in [1.29, 1.82) is 0 Å². The van der Waals surface area contributed by atoms with E-state index >= 15 is 0 Å². The standard InChI is InChI=1S/3O.Ra.Ru/q3*-2;+2;+4. The van der Waals surface area contributed by atoms with E-state index in [1.807, 2.05) is 0 Å². The van der Waals surface area contributed by atoms with Crippen LogP contribution >= 0.6 is 0 Å². The first-order chi connectivity index (χ1) is 0. The summed E-state index contributed by atoms with van der Waals surface area (Å²) in [5.41, 5.74) is 0. The second kappa shape index (κ2) is 38.0. The van der Waals surface area contributed by atoms with Crippen LogP contribution in [0.1, 0.15) is 0 Å². The van der Waals surface area contributed by atoms with Crippen molar-refractivity contribution in [3.63, 3.8) is 0 Å². The van der Waals surface area contributed by atoms with E-state index in [2.05, 4.69) is 0 Å². The molecule has 0 aliphatic carbocycles. The van der Waals surface area contributed by atoms with Gasteiger partial charge in [0.2, 0.25) is 0 Å². The molecule has 0 aromatic heterocycles. The Morgan fingerprint density at radius 2 is 0.600 bits per heavy atom. The van der Waals surface area contributed by atoms with Crippen LogP contribution in [-0.4, -0.2) is 0 Å². The average molecular weight is 375 g/mol. The van der Waals surface area contributed by atoms with Crippen LogP contribution in [0.5, 0.6) is 0 Å². The molecule has 0 aliphatic heterocycles. The Hall–Kier alpha value is 1.97. The summed E-state index contributed by atoms with van der Waals surface area (Å²) in [6, 6.07) is 0. The molecule has 0 aromatic carbocycles. The van der Waals surface area contributed by atoms with Gasteiger partial charge in [0.05, 0.1) is 0 Å². The maximum atomic E-state index is 0. The number of rotatable bonds is 0. The molecule has 0 rings (SSSR count). The Morgan fingerprint density at radius 1 is 0.600 bits per heavy atom. The van der Waals surface area contributed by atoms with Gasteiger partial charge in [-0.05, 0) is 0 Å². The fourth-order valence-corrected chi connectivity index (χ4v) is 0. The molecule has 0 N–H and O–H groups in total. The summed E-state index contributed by atoms with van der Waals surface area (Å²) in [6.07, 6.45) is 0. The van der Waals surface area contributed by atoms with Crippen molar-refractivity contribution in [2.45, 2.75) is 0 Å². The second-order valence-corrected chi connectivity index (χ2v) is 0. The Labute approximate surface area is 79.6 Å². The molecule has 0 fully saturated rings. The third kappa shape index (κ3) is 24.2. The SMILES string of the molecule is [O-2].[O-2].[O-2].[Ra+2].[Ru+4]. The summed E-state index contributed by atoms with van der Waals surface area (Å²) in [7, 11) is 0. The van der Waals surface area contributed by atoms with E-state index in [4.69, 9.17) is 0 Å². The van der Waals surface area contributed by atoms with Gasteiger partial charge in [-0.2, -0.15) is 0 Å². The molecule has 0 heterocycles. The zero-order chi connectivity index (χ0) is 0. The molecule has 0 amide bonds. The van der Waals surface area contributed by atoms with Crippen LogP contribution in [0.3, 0.4) is 0 Å². The fraction of sp³-hybridized carbons (Fsp3) is 0. The van der Waals surface area contributed by atoms with E-state index in [1.165, 1.54) is 0 Å². The molecule has 0 unspecified atom stereocenters. The molecule has 0 saturated heterocycles. The minimum absolute atomic E-state index is 0. The van der Waals surface area contributed by atoms with Gasteiger partial charge in [-0.15, -0.1) is 0 Å². The van der Waals surface area contributed by atoms with Gasteiger partial charge >= 0.3 is 64.5 Å². The van der Waals surface area contributed by atoms with Crippen molar-refractivity contribution >= 4 is 0 Å². The van der Waals surface area contributed by atoms with E-state index < -0.39 is 0 Å². The molecule has 0 radical (unpaired) electrons. The molecule has 3 nitrogen and oxygen atoms in total. The molecule has 0 saturated carbocycles. The smallest absolute Gasteiger partial charge is 2.00 e. The van der Waals surface area contributed by atoms with Crippen LogP contribution < -0.4 is 0 Å². The predicted molar refractivity (Wildman–Crippen MR) is 2.06 cm³/mol. The van der Waals surface area contributed by atoms with Gasteiger partial charge in [0.1, 0.15) is 0 Å². The third-order valence-corrected chi connectivity index (χ3v) is 0. The Balaban J connectivity index is 0. The summed E-state index contributed by atoms with van der Waals surface area (Å²) in [4.78, 5) is 0. The molecule has 0 bridgehead atoms. The van der Waals surface area contributed by atoms with E-state index in [-0.39, 0.29) is 80.9 Å². The van der Waals surface area contributed by atoms with Crippen molar-refractivity contribution in [2.75, 3.05) is 0 Å². The first-order valence-corrected chi connectivity index (χ1v) is 0. The second-order valence-electron chi connectivity index (χ2n) is 0. The van der Waals surface area contributed by atoms with Crippen LogP contribution in [0.4, 0.5) is 0 Å². The normalized spacial score (nSPS) is 0. The van der Waals surface area contributed by atoms with Crippen LogP contribution in [0.15, 0.2) is 0 Å². The molecule has 0 atom stereocenters. The Kier molecular flexibility index (Phi) is 486. The molecule has 28 valence electrons. The van der Waals surface area contributed by atoms with Crippen molar-refractivity contribution in [3.05, 3.63) is 0 Å². The maximum Gasteiger partial charge on any atom is 4.00 e. The van der Waals surface area contributed by atoms with E-state index in [0.29, 0.717) is 0 Å². The molecule has 5 heavy (non-hydrogen) atoms. The zero-order valence-electron chi connectivity index (χ0n) is 2.29. The molecular weight excluding hydrogens is 375 g/mol. The van der Waals surface area contributed by atoms with Crippen molar-refractivity contribution in [1.82, 2.24) is 0 Å². The van der Waals surface area contributed by atoms with E-state index in [0.717, 1.165) is 0 Å². The maximum absolute atomic E-state index is 0. The third-order valence-electron chi connectivity index (χ3n) is 0. The summed E-state index contributed by atoms with van der Waals surface area (Å²) in [6.45, 7) is 0.